The summed E-state index contributed by atoms with van der Waals surface area (Å²) in [7, 11) is 0. The molecule has 1 aliphatic carbocycles. The lowest BCUT2D eigenvalue weighted by Gasteiger charge is -2.29. The number of carbonyl (C=O) groups excluding carboxylic acids is 1. The molecule has 0 bridgehead atoms. The molecule has 118 valence electrons. The SMILES string of the molecule is O=C(O)C1CSC(C2CC2)N1C(=O)NCC1CCSCC1. The van der Waals surface area contributed by atoms with Crippen LogP contribution in [-0.4, -0.2) is 57.2 Å². The Balaban J connectivity index is 1.58. The van der Waals surface area contributed by atoms with Gasteiger partial charge in [0.2, 0.25) is 0 Å². The van der Waals surface area contributed by atoms with Crippen molar-refractivity contribution in [1.29, 1.82) is 0 Å². The lowest BCUT2D eigenvalue weighted by Crippen LogP contribution is -2.51. The molecule has 3 fully saturated rings. The molecule has 0 aromatic carbocycles. The zero-order valence-electron chi connectivity index (χ0n) is 12.0. The Kier molecular flexibility index (Phi) is 4.88. The van der Waals surface area contributed by atoms with Crippen molar-refractivity contribution in [1.82, 2.24) is 10.2 Å². The minimum atomic E-state index is -0.880. The van der Waals surface area contributed by atoms with Crippen molar-refractivity contribution >= 4 is 35.5 Å². The quantitative estimate of drug-likeness (QED) is 0.826. The lowest BCUT2D eigenvalue weighted by molar-refractivity contribution is -0.141. The van der Waals surface area contributed by atoms with Crippen molar-refractivity contribution < 1.29 is 14.7 Å². The molecule has 1 saturated carbocycles. The third kappa shape index (κ3) is 3.62. The summed E-state index contributed by atoms with van der Waals surface area (Å²) in [5.41, 5.74) is 0. The van der Waals surface area contributed by atoms with E-state index in [1.54, 1.807) is 16.7 Å². The number of carbonyl (C=O) groups is 2. The van der Waals surface area contributed by atoms with Crippen LogP contribution in [0.25, 0.3) is 0 Å². The summed E-state index contributed by atoms with van der Waals surface area (Å²) in [5, 5.41) is 12.4. The number of carboxylic acid groups (broad SMARTS) is 1. The summed E-state index contributed by atoms with van der Waals surface area (Å²) in [6.07, 6.45) is 4.53. The van der Waals surface area contributed by atoms with E-state index in [-0.39, 0.29) is 11.4 Å². The van der Waals surface area contributed by atoms with Gasteiger partial charge in [0.1, 0.15) is 6.04 Å². The molecule has 5 nitrogen and oxygen atoms in total. The number of rotatable bonds is 4. The fourth-order valence-corrected chi connectivity index (χ4v) is 5.83. The van der Waals surface area contributed by atoms with E-state index in [9.17, 15) is 14.7 Å². The largest absolute Gasteiger partial charge is 0.480 e. The molecule has 2 atom stereocenters. The lowest BCUT2D eigenvalue weighted by atomic mass is 10.0. The normalized spacial score (nSPS) is 30.4. The van der Waals surface area contributed by atoms with Crippen LogP contribution in [0.2, 0.25) is 0 Å². The van der Waals surface area contributed by atoms with Crippen molar-refractivity contribution in [2.45, 2.75) is 37.1 Å². The van der Waals surface area contributed by atoms with E-state index in [1.165, 1.54) is 11.5 Å². The van der Waals surface area contributed by atoms with E-state index in [0.717, 1.165) is 25.7 Å². The first-order valence-electron chi connectivity index (χ1n) is 7.65. The topological polar surface area (TPSA) is 69.6 Å². The van der Waals surface area contributed by atoms with Crippen LogP contribution < -0.4 is 5.32 Å². The summed E-state index contributed by atoms with van der Waals surface area (Å²) in [6.45, 7) is 0.685. The van der Waals surface area contributed by atoms with Gasteiger partial charge in [-0.05, 0) is 49.0 Å². The Bertz CT molecular complexity index is 411. The van der Waals surface area contributed by atoms with Gasteiger partial charge in [-0.2, -0.15) is 11.8 Å². The Morgan fingerprint density at radius 3 is 2.52 bits per heavy atom. The minimum absolute atomic E-state index is 0.0630. The highest BCUT2D eigenvalue weighted by atomic mass is 32.2. The van der Waals surface area contributed by atoms with Crippen LogP contribution in [0, 0.1) is 11.8 Å². The average Bonchev–Trinajstić information content (AvgIpc) is 3.24. The van der Waals surface area contributed by atoms with Crippen LogP contribution in [0.15, 0.2) is 0 Å². The van der Waals surface area contributed by atoms with Crippen molar-refractivity contribution in [3.05, 3.63) is 0 Å². The zero-order chi connectivity index (χ0) is 14.8. The van der Waals surface area contributed by atoms with E-state index < -0.39 is 12.0 Å². The number of amides is 2. The Morgan fingerprint density at radius 2 is 1.90 bits per heavy atom. The minimum Gasteiger partial charge on any atom is -0.480 e. The van der Waals surface area contributed by atoms with Crippen LogP contribution in [0.3, 0.4) is 0 Å². The van der Waals surface area contributed by atoms with E-state index in [0.29, 0.717) is 24.1 Å². The van der Waals surface area contributed by atoms with Crippen LogP contribution >= 0.6 is 23.5 Å². The monoisotopic (exact) mass is 330 g/mol. The second-order valence-corrected chi connectivity index (χ2v) is 8.44. The van der Waals surface area contributed by atoms with Gasteiger partial charge in [0.15, 0.2) is 0 Å². The number of aliphatic carboxylic acids is 1. The molecular weight excluding hydrogens is 308 g/mol. The van der Waals surface area contributed by atoms with E-state index in [2.05, 4.69) is 5.32 Å². The molecule has 3 rings (SSSR count). The maximum atomic E-state index is 12.5. The molecule has 2 heterocycles. The molecule has 0 spiro atoms. The molecule has 21 heavy (non-hydrogen) atoms. The fourth-order valence-electron chi connectivity index (χ4n) is 2.99. The zero-order valence-corrected chi connectivity index (χ0v) is 13.6. The first kappa shape index (κ1) is 15.3. The maximum Gasteiger partial charge on any atom is 0.327 e. The van der Waals surface area contributed by atoms with Gasteiger partial charge in [0, 0.05) is 12.3 Å². The third-order valence-electron chi connectivity index (χ3n) is 4.46. The number of thioether (sulfide) groups is 2. The second kappa shape index (κ2) is 6.69. The number of nitrogens with one attached hydrogen (secondary N) is 1. The van der Waals surface area contributed by atoms with Crippen LogP contribution in [0.1, 0.15) is 25.7 Å². The molecule has 0 radical (unpaired) electrons. The number of urea groups is 1. The van der Waals surface area contributed by atoms with Crippen molar-refractivity contribution in [3.8, 4) is 0 Å². The molecule has 0 aromatic rings. The highest BCUT2D eigenvalue weighted by Crippen LogP contribution is 2.45. The number of carboxylic acids is 1. The highest BCUT2D eigenvalue weighted by molar-refractivity contribution is 8.00. The van der Waals surface area contributed by atoms with Gasteiger partial charge in [0.05, 0.1) is 5.37 Å². The highest BCUT2D eigenvalue weighted by Gasteiger charge is 2.48. The molecule has 2 saturated heterocycles. The number of hydrogen-bond acceptors (Lipinski definition) is 4. The molecule has 3 aliphatic rings. The molecule has 2 unspecified atom stereocenters. The smallest absolute Gasteiger partial charge is 0.327 e. The number of nitrogens with zero attached hydrogens (tertiary/aromatic N) is 1. The van der Waals surface area contributed by atoms with Gasteiger partial charge in [-0.25, -0.2) is 9.59 Å². The summed E-state index contributed by atoms with van der Waals surface area (Å²) >= 11 is 3.60. The van der Waals surface area contributed by atoms with Gasteiger partial charge in [-0.1, -0.05) is 0 Å². The van der Waals surface area contributed by atoms with Crippen molar-refractivity contribution in [3.63, 3.8) is 0 Å². The third-order valence-corrected chi connectivity index (χ3v) is 6.97. The van der Waals surface area contributed by atoms with E-state index >= 15 is 0 Å². The molecule has 2 N–H and O–H groups in total. The standard InChI is InChI=1S/C14H22N2O3S2/c17-13(18)11-8-21-12(10-1-2-10)16(11)14(19)15-7-9-3-5-20-6-4-9/h9-12H,1-8H2,(H,15,19)(H,17,18). The van der Waals surface area contributed by atoms with Gasteiger partial charge < -0.3 is 10.4 Å². The molecule has 2 amide bonds. The molecule has 2 aliphatic heterocycles. The first-order valence-corrected chi connectivity index (χ1v) is 9.85. The second-order valence-electron chi connectivity index (χ2n) is 6.06. The van der Waals surface area contributed by atoms with Gasteiger partial charge in [0.25, 0.3) is 0 Å². The Hall–Kier alpha value is -0.560. The summed E-state index contributed by atoms with van der Waals surface area (Å²) < 4.78 is 0. The van der Waals surface area contributed by atoms with Crippen molar-refractivity contribution in [2.75, 3.05) is 23.8 Å². The van der Waals surface area contributed by atoms with Crippen LogP contribution in [0.5, 0.6) is 0 Å². The van der Waals surface area contributed by atoms with E-state index in [1.807, 2.05) is 11.8 Å². The average molecular weight is 330 g/mol. The summed E-state index contributed by atoms with van der Waals surface area (Å²) in [5.74, 6) is 3.02. The molecule has 0 aromatic heterocycles. The Labute approximate surface area is 133 Å². The van der Waals surface area contributed by atoms with E-state index in [4.69, 9.17) is 0 Å². The summed E-state index contributed by atoms with van der Waals surface area (Å²) in [6, 6.07) is -0.843. The van der Waals surface area contributed by atoms with Crippen LogP contribution in [-0.2, 0) is 4.79 Å². The Morgan fingerprint density at radius 1 is 1.19 bits per heavy atom. The maximum absolute atomic E-state index is 12.5. The van der Waals surface area contributed by atoms with Gasteiger partial charge >= 0.3 is 12.0 Å². The van der Waals surface area contributed by atoms with Gasteiger partial charge in [-0.15, -0.1) is 11.8 Å². The molecule has 7 heteroatoms. The first-order chi connectivity index (χ1) is 10.2. The van der Waals surface area contributed by atoms with Crippen molar-refractivity contribution in [2.24, 2.45) is 11.8 Å². The van der Waals surface area contributed by atoms with Crippen LogP contribution in [0.4, 0.5) is 4.79 Å². The number of hydrogen-bond donors (Lipinski definition) is 2. The summed E-state index contributed by atoms with van der Waals surface area (Å²) in [4.78, 5) is 25.5. The fraction of sp³-hybridized carbons (Fsp3) is 0.857. The predicted octanol–water partition coefficient (Wildman–Crippen LogP) is 2.08. The molecular formula is C14H22N2O3S2. The predicted molar refractivity (Wildman–Crippen MR) is 85.7 cm³/mol. The van der Waals surface area contributed by atoms with Gasteiger partial charge in [-0.3, -0.25) is 4.90 Å².